The van der Waals surface area contributed by atoms with E-state index in [2.05, 4.69) is 156 Å². The van der Waals surface area contributed by atoms with E-state index in [0.717, 1.165) is 148 Å². The maximum Gasteiger partial charge on any atom is 0.238 e. The van der Waals surface area contributed by atoms with Crippen molar-refractivity contribution in [2.45, 2.75) is 0 Å². The van der Waals surface area contributed by atoms with Crippen molar-refractivity contribution in [3.8, 4) is 137 Å². The van der Waals surface area contributed by atoms with Gasteiger partial charge < -0.3 is 13.7 Å². The van der Waals surface area contributed by atoms with E-state index in [1.807, 2.05) is 218 Å². The number of rotatable bonds is 15. The molecule has 0 fully saturated rings. The molecule has 15 nitrogen and oxygen atoms in total. The van der Waals surface area contributed by atoms with Crippen LogP contribution in [-0.4, -0.2) is 72.3 Å². The van der Waals surface area contributed by atoms with Crippen molar-refractivity contribution >= 4 is 131 Å². The Morgan fingerprint density at radius 1 is 0.153 bits per heavy atom. The third kappa shape index (κ3) is 15.1. The Balaban J connectivity index is 0.000000123. The predicted molar refractivity (Wildman–Crippen MR) is 614 cm³/mol. The summed E-state index contributed by atoms with van der Waals surface area (Å²) in [6.45, 7) is 0. The second-order valence-electron chi connectivity index (χ2n) is 35.2. The average molecular weight is 1950 g/mol. The number of benzene rings is 21. The van der Waals surface area contributed by atoms with Gasteiger partial charge in [-0.3, -0.25) is 13.7 Å². The Labute approximate surface area is 903 Å². The van der Waals surface area contributed by atoms with Crippen LogP contribution in [0.1, 0.15) is 41.1 Å². The molecule has 0 amide bonds. The van der Waals surface area contributed by atoms with Gasteiger partial charge >= 0.3 is 0 Å². The summed E-state index contributed by atoms with van der Waals surface area (Å²) < 4.78 is 268. The standard InChI is InChI=1S/3C45H29N5/c1-4-16-30(17-5-1)33-22-10-13-25-36(33)49-37-26-14-11-23-34(37)41-39(49)28-29-40-42(41)35-24-12-15-27-38(35)50(40)45-47-43(31-18-6-2-7-19-31)46-44(48-45)32-20-8-3-9-21-32;1-4-15-30(16-5-1)33-21-14-22-34(29-33)49-38-25-12-10-23-35(38)36-27-28-40-41(42(36)49)37-24-11-13-26-39(37)50(40)45-47-43(31-17-6-2-7-18-31)46-44(48-45)32-19-8-3-9-20-32;1-4-14-30(15-5-1)31-24-26-34(27-25-31)49-38-22-12-10-20-35(38)36-28-29-40-41(42(36)49)37-21-11-13-23-39(37)50(40)45-47-43(32-16-6-2-7-17-32)46-44(48-45)33-18-8-3-9-19-33/h3*1-29H/i2D,3D,6D,7D,8D,9D,18D,19D,20D,21D;2D,3D,6D,7D,8D,9D,17D,18D,19D,20D;2D,3D,6D,7D,8D,9D,16D,17D,18D,19D. The van der Waals surface area contributed by atoms with Crippen LogP contribution in [0.15, 0.2) is 527 Å². The van der Waals surface area contributed by atoms with Gasteiger partial charge in [0.15, 0.2) is 34.9 Å². The van der Waals surface area contributed by atoms with E-state index >= 15 is 0 Å². The molecule has 30 aromatic rings. The van der Waals surface area contributed by atoms with E-state index in [9.17, 15) is 0 Å². The molecule has 0 spiro atoms. The maximum absolute atomic E-state index is 8.81. The quantitative estimate of drug-likeness (QED) is 0.0979. The minimum absolute atomic E-state index is 0.0580. The second kappa shape index (κ2) is 37.0. The molecule has 0 aliphatic rings. The number of para-hydroxylation sites is 7. The minimum Gasteiger partial charge on any atom is -0.309 e. The molecule has 15 heteroatoms. The highest BCUT2D eigenvalue weighted by Gasteiger charge is 2.30. The van der Waals surface area contributed by atoms with Crippen molar-refractivity contribution in [3.63, 3.8) is 0 Å². The Kier molecular flexibility index (Phi) is 15.2. The first kappa shape index (κ1) is 61.4. The smallest absolute Gasteiger partial charge is 0.238 e. The lowest BCUT2D eigenvalue weighted by atomic mass is 10.0. The first-order valence-corrected chi connectivity index (χ1v) is 47.9. The maximum atomic E-state index is 8.81. The zero-order valence-electron chi connectivity index (χ0n) is 109. The molecule has 30 rings (SSSR count). The molecule has 0 aliphatic carbocycles. The Bertz CT molecular complexity index is 12100. The largest absolute Gasteiger partial charge is 0.309 e. The fraction of sp³-hybridized carbons (Fsp3) is 0. The number of hydrogen-bond acceptors (Lipinski definition) is 9. The van der Waals surface area contributed by atoms with Crippen molar-refractivity contribution < 1.29 is 41.1 Å². The summed E-state index contributed by atoms with van der Waals surface area (Å²) in [5, 5.41) is 11.0. The number of fused-ring (bicyclic) bond motifs is 21. The first-order chi connectivity index (χ1) is 86.9. The molecule has 9 heterocycles. The molecule has 0 N–H and O–H groups in total. The predicted octanol–water partition coefficient (Wildman–Crippen LogP) is 33.2. The fourth-order valence-corrected chi connectivity index (χ4v) is 20.6. The highest BCUT2D eigenvalue weighted by Crippen LogP contribution is 2.49. The number of hydrogen-bond donors (Lipinski definition) is 0. The van der Waals surface area contributed by atoms with Crippen molar-refractivity contribution in [3.05, 3.63) is 527 Å². The van der Waals surface area contributed by atoms with E-state index < -0.39 is 181 Å². The van der Waals surface area contributed by atoms with Gasteiger partial charge in [0.1, 0.15) is 0 Å². The Morgan fingerprint density at radius 3 is 0.793 bits per heavy atom. The van der Waals surface area contributed by atoms with E-state index in [0.29, 0.717) is 33.1 Å². The lowest BCUT2D eigenvalue weighted by molar-refractivity contribution is 0.953. The van der Waals surface area contributed by atoms with Gasteiger partial charge in [0, 0.05) is 115 Å². The zero-order valence-corrected chi connectivity index (χ0v) is 78.6. The van der Waals surface area contributed by atoms with Gasteiger partial charge in [-0.2, -0.15) is 29.9 Å². The monoisotopic (exact) mass is 1950 g/mol. The summed E-state index contributed by atoms with van der Waals surface area (Å²) in [7, 11) is 0. The van der Waals surface area contributed by atoms with Crippen LogP contribution in [0.3, 0.4) is 0 Å². The van der Waals surface area contributed by atoms with Crippen molar-refractivity contribution in [1.82, 2.24) is 72.3 Å². The van der Waals surface area contributed by atoms with Gasteiger partial charge in [-0.25, -0.2) is 15.0 Å². The molecule has 0 aliphatic heterocycles. The van der Waals surface area contributed by atoms with Gasteiger partial charge in [0.25, 0.3) is 0 Å². The molecule has 9 aromatic heterocycles. The van der Waals surface area contributed by atoms with E-state index in [1.165, 1.54) is 0 Å². The van der Waals surface area contributed by atoms with Crippen LogP contribution in [0.2, 0.25) is 0 Å². The topological polar surface area (TPSA) is 146 Å². The van der Waals surface area contributed by atoms with Crippen LogP contribution in [0.4, 0.5) is 0 Å². The summed E-state index contributed by atoms with van der Waals surface area (Å²) >= 11 is 0. The van der Waals surface area contributed by atoms with Crippen LogP contribution in [0, 0.1) is 0 Å². The molecule has 0 saturated heterocycles. The SMILES string of the molecule is [2H]c1c([2H])c([2H])c(-c2nc(-c3c([2H])c([2H])c([2H])c([2H])c3[2H])nc(-n3c4ccccc4c4c3ccc3c5ccccc5n(-c5ccc(-c6ccccc6)cc5)c34)n2)c([2H])c1[2H].[2H]c1c([2H])c([2H])c(-c2nc(-c3c([2H])c([2H])c([2H])c([2H])c3[2H])nc(-n3c4ccccc4c4c3ccc3c5ccccc5n(-c5cccc(-c6ccccc6)c5)c34)n2)c([2H])c1[2H].[2H]c1c([2H])c([2H])c(-c2nc(-c3c([2H])c([2H])c([2H])c([2H])c3[2H])nc(-n3c4ccccc4c4c5c6ccccc6n(-c6ccccc6-c6ccccc6)c5ccc43)n2)c([2H])c1[2H]. The van der Waals surface area contributed by atoms with Crippen LogP contribution in [0.25, 0.3) is 267 Å². The third-order valence-corrected chi connectivity index (χ3v) is 26.9. The minimum atomic E-state index is -0.610. The van der Waals surface area contributed by atoms with Crippen LogP contribution in [0.5, 0.6) is 0 Å². The molecule has 702 valence electrons. The van der Waals surface area contributed by atoms with Gasteiger partial charge in [-0.05, 0) is 119 Å². The van der Waals surface area contributed by atoms with Gasteiger partial charge in [0.2, 0.25) is 17.8 Å². The lowest BCUT2D eigenvalue weighted by Gasteiger charge is -2.14. The highest BCUT2D eigenvalue weighted by molar-refractivity contribution is 6.31. The third-order valence-electron chi connectivity index (χ3n) is 26.9. The molecule has 0 radical (unpaired) electrons. The molecule has 0 unspecified atom stereocenters. The van der Waals surface area contributed by atoms with Crippen LogP contribution < -0.4 is 0 Å². The molecular formula is C135H87N15. The van der Waals surface area contributed by atoms with Crippen LogP contribution >= 0.6 is 0 Å². The van der Waals surface area contributed by atoms with Crippen LogP contribution in [-0.2, 0) is 0 Å². The fourth-order valence-electron chi connectivity index (χ4n) is 20.6. The summed E-state index contributed by atoms with van der Waals surface area (Å²) in [6.07, 6.45) is 0. The van der Waals surface area contributed by atoms with Crippen molar-refractivity contribution in [2.75, 3.05) is 0 Å². The zero-order chi connectivity index (χ0) is 125. The average Bonchev–Trinajstić information content (AvgIpc) is 1.54. The van der Waals surface area contributed by atoms with Gasteiger partial charge in [-0.1, -0.05) is 436 Å². The van der Waals surface area contributed by atoms with E-state index in [-0.39, 0.29) is 86.2 Å². The lowest BCUT2D eigenvalue weighted by Crippen LogP contribution is -2.06. The number of aromatic nitrogens is 15. The number of nitrogens with zero attached hydrogens (tertiary/aromatic N) is 15. The normalized spacial score (nSPS) is 14.4. The summed E-state index contributed by atoms with van der Waals surface area (Å²) in [5.74, 6) is -2.19. The molecular weight excluding hydrogens is 1830 g/mol. The Hall–Kier alpha value is -20.5. The van der Waals surface area contributed by atoms with Gasteiger partial charge in [0.05, 0.1) is 113 Å². The second-order valence-corrected chi connectivity index (χ2v) is 35.2. The molecule has 0 saturated carbocycles. The highest BCUT2D eigenvalue weighted by atomic mass is 15.2. The van der Waals surface area contributed by atoms with Crippen molar-refractivity contribution in [1.29, 1.82) is 0 Å². The van der Waals surface area contributed by atoms with Crippen molar-refractivity contribution in [2.24, 2.45) is 0 Å². The molecule has 0 atom stereocenters. The summed E-state index contributed by atoms with van der Waals surface area (Å²) in [6, 6.07) is 97.2. The Morgan fingerprint density at radius 2 is 0.420 bits per heavy atom. The molecule has 150 heavy (non-hydrogen) atoms. The first-order valence-electron chi connectivity index (χ1n) is 62.9. The summed E-state index contributed by atoms with van der Waals surface area (Å²) in [4.78, 5) is 42.2. The molecule has 21 aromatic carbocycles. The summed E-state index contributed by atoms with van der Waals surface area (Å²) in [5.41, 5.74) is 16.9. The van der Waals surface area contributed by atoms with Gasteiger partial charge in [-0.15, -0.1) is 0 Å². The molecule has 0 bridgehead atoms. The van der Waals surface area contributed by atoms with E-state index in [1.54, 1.807) is 13.7 Å². The van der Waals surface area contributed by atoms with E-state index in [4.69, 9.17) is 71.0 Å².